The lowest BCUT2D eigenvalue weighted by Crippen LogP contribution is -2.37. The molecule has 0 saturated carbocycles. The number of amides is 1. The summed E-state index contributed by atoms with van der Waals surface area (Å²) in [5, 5.41) is 11.2. The highest BCUT2D eigenvalue weighted by Crippen LogP contribution is 2.25. The minimum absolute atomic E-state index is 0.0457. The maximum absolute atomic E-state index is 13.6. The van der Waals surface area contributed by atoms with Crippen LogP contribution in [0.3, 0.4) is 0 Å². The van der Waals surface area contributed by atoms with E-state index in [9.17, 15) is 27.5 Å². The molecule has 0 radical (unpaired) electrons. The van der Waals surface area contributed by atoms with Gasteiger partial charge in [0.25, 0.3) is 0 Å². The molecule has 2 N–H and O–H groups in total. The summed E-state index contributed by atoms with van der Waals surface area (Å²) in [4.78, 5) is 10.5. The molecule has 0 aliphatic heterocycles. The average molecular weight is 344 g/mol. The monoisotopic (exact) mass is 343 g/mol. The number of hydrogen-bond donors (Lipinski definition) is 2. The van der Waals surface area contributed by atoms with Gasteiger partial charge < -0.3 is 10.4 Å². The SMILES string of the molecule is O=C(NCCC(O)c1cccc(Br)c1F)C(F)(F)F. The highest BCUT2D eigenvalue weighted by atomic mass is 79.9. The zero-order valence-electron chi connectivity index (χ0n) is 9.47. The van der Waals surface area contributed by atoms with Crippen LogP contribution in [0.25, 0.3) is 0 Å². The first-order valence-electron chi connectivity index (χ1n) is 5.20. The molecule has 3 nitrogen and oxygen atoms in total. The van der Waals surface area contributed by atoms with Crippen molar-refractivity contribution in [3.63, 3.8) is 0 Å². The minimum Gasteiger partial charge on any atom is -0.388 e. The van der Waals surface area contributed by atoms with E-state index in [1.807, 2.05) is 0 Å². The van der Waals surface area contributed by atoms with Crippen molar-refractivity contribution in [1.82, 2.24) is 5.32 Å². The molecule has 0 saturated heterocycles. The zero-order chi connectivity index (χ0) is 14.6. The molecule has 0 heterocycles. The number of carbonyl (C=O) groups is 1. The summed E-state index contributed by atoms with van der Waals surface area (Å²) in [5.74, 6) is -2.77. The lowest BCUT2D eigenvalue weighted by atomic mass is 10.1. The Morgan fingerprint density at radius 1 is 1.42 bits per heavy atom. The molecule has 1 aromatic rings. The molecule has 1 amide bonds. The first-order chi connectivity index (χ1) is 8.73. The number of aliphatic hydroxyl groups excluding tert-OH is 1. The van der Waals surface area contributed by atoms with E-state index in [4.69, 9.17) is 0 Å². The van der Waals surface area contributed by atoms with Crippen LogP contribution in [0.1, 0.15) is 18.1 Å². The first kappa shape index (κ1) is 15.9. The molecule has 106 valence electrons. The standard InChI is InChI=1S/C11H10BrF4NO2/c12-7-3-1-2-6(9(7)13)8(18)4-5-17-10(19)11(14,15)16/h1-3,8,18H,4-5H2,(H,17,19). The summed E-state index contributed by atoms with van der Waals surface area (Å²) in [6, 6.07) is 4.23. The van der Waals surface area contributed by atoms with Crippen LogP contribution in [-0.2, 0) is 4.79 Å². The van der Waals surface area contributed by atoms with Crippen molar-refractivity contribution in [2.45, 2.75) is 18.7 Å². The number of benzene rings is 1. The molecule has 8 heteroatoms. The van der Waals surface area contributed by atoms with E-state index >= 15 is 0 Å². The van der Waals surface area contributed by atoms with Gasteiger partial charge in [-0.05, 0) is 28.4 Å². The second-order valence-corrected chi connectivity index (χ2v) is 4.56. The van der Waals surface area contributed by atoms with Gasteiger partial charge in [-0.25, -0.2) is 4.39 Å². The van der Waals surface area contributed by atoms with E-state index < -0.39 is 30.5 Å². The van der Waals surface area contributed by atoms with E-state index in [1.165, 1.54) is 18.2 Å². The van der Waals surface area contributed by atoms with Crippen LogP contribution in [-0.4, -0.2) is 23.7 Å². The summed E-state index contributed by atoms with van der Waals surface area (Å²) < 4.78 is 49.3. The lowest BCUT2D eigenvalue weighted by molar-refractivity contribution is -0.173. The molecular weight excluding hydrogens is 334 g/mol. The van der Waals surface area contributed by atoms with Crippen molar-refractivity contribution in [2.75, 3.05) is 6.54 Å². The average Bonchev–Trinajstić information content (AvgIpc) is 2.31. The Bertz CT molecular complexity index is 464. The number of hydrogen-bond acceptors (Lipinski definition) is 2. The number of aliphatic hydroxyl groups is 1. The third-order valence-corrected chi connectivity index (χ3v) is 2.91. The molecular formula is C11H10BrF4NO2. The van der Waals surface area contributed by atoms with Crippen LogP contribution in [0.15, 0.2) is 22.7 Å². The van der Waals surface area contributed by atoms with Crippen molar-refractivity contribution in [2.24, 2.45) is 0 Å². The summed E-state index contributed by atoms with van der Waals surface area (Å²) in [6.07, 6.45) is -6.49. The maximum atomic E-state index is 13.6. The molecule has 19 heavy (non-hydrogen) atoms. The van der Waals surface area contributed by atoms with Gasteiger partial charge >= 0.3 is 12.1 Å². The molecule has 1 atom stereocenters. The third-order valence-electron chi connectivity index (χ3n) is 2.30. The van der Waals surface area contributed by atoms with Gasteiger partial charge in [-0.3, -0.25) is 4.79 Å². The molecule has 0 aliphatic rings. The fourth-order valence-electron chi connectivity index (χ4n) is 1.36. The van der Waals surface area contributed by atoms with Crippen LogP contribution in [0.5, 0.6) is 0 Å². The first-order valence-corrected chi connectivity index (χ1v) is 5.99. The number of nitrogens with one attached hydrogen (secondary N) is 1. The Balaban J connectivity index is 2.55. The van der Waals surface area contributed by atoms with Crippen molar-refractivity contribution in [3.05, 3.63) is 34.1 Å². The van der Waals surface area contributed by atoms with Crippen LogP contribution in [0.2, 0.25) is 0 Å². The van der Waals surface area contributed by atoms with Gasteiger partial charge in [-0.1, -0.05) is 12.1 Å². The second kappa shape index (κ2) is 6.33. The zero-order valence-corrected chi connectivity index (χ0v) is 11.1. The summed E-state index contributed by atoms with van der Waals surface area (Å²) in [5.41, 5.74) is -0.0457. The summed E-state index contributed by atoms with van der Waals surface area (Å²) >= 11 is 2.93. The van der Waals surface area contributed by atoms with Gasteiger partial charge in [0.05, 0.1) is 10.6 Å². The molecule has 1 aromatic carbocycles. The third kappa shape index (κ3) is 4.46. The van der Waals surface area contributed by atoms with E-state index in [0.717, 1.165) is 0 Å². The number of rotatable bonds is 4. The fraction of sp³-hybridized carbons (Fsp3) is 0.364. The minimum atomic E-state index is -4.97. The van der Waals surface area contributed by atoms with Crippen LogP contribution >= 0.6 is 15.9 Å². The fourth-order valence-corrected chi connectivity index (χ4v) is 1.74. The van der Waals surface area contributed by atoms with Gasteiger partial charge in [0.15, 0.2) is 0 Å². The van der Waals surface area contributed by atoms with Crippen LogP contribution in [0.4, 0.5) is 17.6 Å². The predicted molar refractivity (Wildman–Crippen MR) is 62.7 cm³/mol. The summed E-state index contributed by atoms with van der Waals surface area (Å²) in [6.45, 7) is -0.411. The smallest absolute Gasteiger partial charge is 0.388 e. The predicted octanol–water partition coefficient (Wildman–Crippen LogP) is 2.69. The Morgan fingerprint density at radius 2 is 2.05 bits per heavy atom. The highest BCUT2D eigenvalue weighted by molar-refractivity contribution is 9.10. The normalized spacial score (nSPS) is 13.2. The molecule has 0 aliphatic carbocycles. The topological polar surface area (TPSA) is 49.3 Å². The highest BCUT2D eigenvalue weighted by Gasteiger charge is 2.38. The molecule has 0 bridgehead atoms. The van der Waals surface area contributed by atoms with Crippen molar-refractivity contribution in [3.8, 4) is 0 Å². The van der Waals surface area contributed by atoms with Gasteiger partial charge in [0, 0.05) is 12.1 Å². The number of alkyl halides is 3. The van der Waals surface area contributed by atoms with Gasteiger partial charge in [0.1, 0.15) is 5.82 Å². The second-order valence-electron chi connectivity index (χ2n) is 3.70. The summed E-state index contributed by atoms with van der Waals surface area (Å²) in [7, 11) is 0. The van der Waals surface area contributed by atoms with E-state index in [1.54, 1.807) is 5.32 Å². The number of halogens is 5. The van der Waals surface area contributed by atoms with Gasteiger partial charge in [-0.2, -0.15) is 13.2 Å². The molecule has 0 aromatic heterocycles. The van der Waals surface area contributed by atoms with E-state index in [-0.39, 0.29) is 16.5 Å². The van der Waals surface area contributed by atoms with Gasteiger partial charge in [-0.15, -0.1) is 0 Å². The Labute approximate surface area is 114 Å². The Kier molecular flexibility index (Phi) is 5.30. The molecule has 0 fully saturated rings. The largest absolute Gasteiger partial charge is 0.471 e. The number of carbonyl (C=O) groups excluding carboxylic acids is 1. The van der Waals surface area contributed by atoms with Crippen LogP contribution < -0.4 is 5.32 Å². The van der Waals surface area contributed by atoms with Crippen molar-refractivity contribution in [1.29, 1.82) is 0 Å². The Morgan fingerprint density at radius 3 is 2.63 bits per heavy atom. The Hall–Kier alpha value is -1.15. The van der Waals surface area contributed by atoms with Crippen molar-refractivity contribution >= 4 is 21.8 Å². The maximum Gasteiger partial charge on any atom is 0.471 e. The van der Waals surface area contributed by atoms with Crippen LogP contribution in [0, 0.1) is 5.82 Å². The molecule has 0 spiro atoms. The lowest BCUT2D eigenvalue weighted by Gasteiger charge is -2.13. The van der Waals surface area contributed by atoms with Crippen molar-refractivity contribution < 1.29 is 27.5 Å². The quantitative estimate of drug-likeness (QED) is 0.826. The van der Waals surface area contributed by atoms with Gasteiger partial charge in [0.2, 0.25) is 0 Å². The van der Waals surface area contributed by atoms with E-state index in [2.05, 4.69) is 15.9 Å². The van der Waals surface area contributed by atoms with E-state index in [0.29, 0.717) is 0 Å². The molecule has 1 rings (SSSR count). The molecule has 1 unspecified atom stereocenters.